The molecule has 0 aliphatic heterocycles. The van der Waals surface area contributed by atoms with Crippen LogP contribution >= 0.6 is 0 Å². The van der Waals surface area contributed by atoms with Crippen molar-refractivity contribution in [2.24, 2.45) is 0 Å². The van der Waals surface area contributed by atoms with Gasteiger partial charge in [-0.05, 0) is 0 Å². The van der Waals surface area contributed by atoms with Crippen LogP contribution in [0.15, 0.2) is 12.7 Å². The van der Waals surface area contributed by atoms with Crippen molar-refractivity contribution < 1.29 is 5.73 Å². The third kappa shape index (κ3) is 1.20. The van der Waals surface area contributed by atoms with Crippen LogP contribution in [0.2, 0.25) is 0 Å². The lowest BCUT2D eigenvalue weighted by molar-refractivity contribution is -0.369. The zero-order valence-corrected chi connectivity index (χ0v) is 7.14. The Bertz CT molecular complexity index is 420. The van der Waals surface area contributed by atoms with E-state index in [-0.39, 0.29) is 0 Å². The van der Waals surface area contributed by atoms with Gasteiger partial charge in [0.05, 0.1) is 19.4 Å². The average molecular weight is 179 g/mol. The van der Waals surface area contributed by atoms with E-state index in [4.69, 9.17) is 5.73 Å². The van der Waals surface area contributed by atoms with Gasteiger partial charge < -0.3 is 16.0 Å². The maximum Gasteiger partial charge on any atom is 0.165 e. The normalized spacial score (nSPS) is 10.8. The Morgan fingerprint density at radius 2 is 2.23 bits per heavy atom. The van der Waals surface area contributed by atoms with Crippen molar-refractivity contribution in [1.29, 1.82) is 0 Å². The lowest BCUT2D eigenvalue weighted by Gasteiger charge is -1.98. The summed E-state index contributed by atoms with van der Waals surface area (Å²) >= 11 is 0. The van der Waals surface area contributed by atoms with E-state index in [0.717, 1.165) is 18.7 Å². The van der Waals surface area contributed by atoms with Crippen LogP contribution in [-0.2, 0) is 6.54 Å². The van der Waals surface area contributed by atoms with Crippen LogP contribution in [0, 0.1) is 0 Å². The lowest BCUT2D eigenvalue weighted by atomic mass is 10.5. The van der Waals surface area contributed by atoms with E-state index < -0.39 is 0 Å². The molecule has 13 heavy (non-hydrogen) atoms. The van der Waals surface area contributed by atoms with Gasteiger partial charge in [-0.1, -0.05) is 0 Å². The molecule has 2 aromatic rings. The second kappa shape index (κ2) is 2.98. The van der Waals surface area contributed by atoms with Gasteiger partial charge in [-0.25, -0.2) is 15.0 Å². The molecule has 0 atom stereocenters. The number of quaternary nitrogens is 1. The SMILES string of the molecule is Nc1ncnc2c1ncn2CC[NH3+]. The van der Waals surface area contributed by atoms with Gasteiger partial charge in [-0.3, -0.25) is 0 Å². The summed E-state index contributed by atoms with van der Waals surface area (Å²) in [5.74, 6) is 0.424. The number of fused-ring (bicyclic) bond motifs is 1. The number of imidazole rings is 1. The van der Waals surface area contributed by atoms with Gasteiger partial charge in [-0.15, -0.1) is 0 Å². The molecule has 0 saturated carbocycles. The summed E-state index contributed by atoms with van der Waals surface area (Å²) in [7, 11) is 0. The standard InChI is InChI=1S/C7H10N6/c8-1-2-13-4-12-5-6(9)10-3-11-7(5)13/h3-4H,1-2,8H2,(H2,9,10,11)/p+1. The van der Waals surface area contributed by atoms with Crippen molar-refractivity contribution in [3.05, 3.63) is 12.7 Å². The largest absolute Gasteiger partial charge is 0.382 e. The number of nitrogens with two attached hydrogens (primary N) is 1. The molecule has 6 nitrogen and oxygen atoms in total. The fraction of sp³-hybridized carbons (Fsp3) is 0.286. The molecule has 0 spiro atoms. The highest BCUT2D eigenvalue weighted by Crippen LogP contribution is 2.13. The first-order chi connectivity index (χ1) is 6.33. The van der Waals surface area contributed by atoms with E-state index in [9.17, 15) is 0 Å². The van der Waals surface area contributed by atoms with Gasteiger partial charge in [0.25, 0.3) is 0 Å². The van der Waals surface area contributed by atoms with Crippen LogP contribution in [0.25, 0.3) is 11.2 Å². The molecule has 0 aliphatic carbocycles. The molecule has 0 fully saturated rings. The van der Waals surface area contributed by atoms with Crippen LogP contribution in [0.5, 0.6) is 0 Å². The fourth-order valence-corrected chi connectivity index (χ4v) is 1.23. The van der Waals surface area contributed by atoms with Crippen molar-refractivity contribution in [1.82, 2.24) is 19.5 Å². The van der Waals surface area contributed by atoms with E-state index in [2.05, 4.69) is 20.7 Å². The number of hydrogen-bond donors (Lipinski definition) is 2. The molecule has 0 unspecified atom stereocenters. The minimum atomic E-state index is 0.424. The van der Waals surface area contributed by atoms with Crippen molar-refractivity contribution in [2.75, 3.05) is 12.3 Å². The average Bonchev–Trinajstić information content (AvgIpc) is 2.51. The fourth-order valence-electron chi connectivity index (χ4n) is 1.23. The van der Waals surface area contributed by atoms with Crippen LogP contribution in [-0.4, -0.2) is 26.1 Å². The molecular weight excluding hydrogens is 168 g/mol. The highest BCUT2D eigenvalue weighted by atomic mass is 15.1. The Hall–Kier alpha value is -1.69. The zero-order valence-electron chi connectivity index (χ0n) is 7.14. The first kappa shape index (κ1) is 7.93. The summed E-state index contributed by atoms with van der Waals surface area (Å²) in [6, 6.07) is 0. The minimum Gasteiger partial charge on any atom is -0.382 e. The van der Waals surface area contributed by atoms with E-state index in [1.54, 1.807) is 6.33 Å². The molecule has 0 saturated heterocycles. The zero-order chi connectivity index (χ0) is 9.26. The van der Waals surface area contributed by atoms with E-state index >= 15 is 0 Å². The summed E-state index contributed by atoms with van der Waals surface area (Å²) in [6.45, 7) is 1.60. The van der Waals surface area contributed by atoms with Gasteiger partial charge >= 0.3 is 0 Å². The molecule has 2 rings (SSSR count). The third-order valence-corrected chi connectivity index (χ3v) is 1.83. The first-order valence-electron chi connectivity index (χ1n) is 4.03. The minimum absolute atomic E-state index is 0.424. The van der Waals surface area contributed by atoms with Crippen LogP contribution in [0.4, 0.5) is 5.82 Å². The van der Waals surface area contributed by atoms with Gasteiger partial charge in [0, 0.05) is 0 Å². The Balaban J connectivity index is 2.61. The predicted octanol–water partition coefficient (Wildman–Crippen LogP) is -1.35. The molecule has 2 aromatic heterocycles. The molecule has 68 valence electrons. The monoisotopic (exact) mass is 179 g/mol. The summed E-state index contributed by atoms with van der Waals surface area (Å²) in [5, 5.41) is 0. The molecule has 0 bridgehead atoms. The molecular formula is C7H11N6+. The molecule has 0 radical (unpaired) electrons. The van der Waals surface area contributed by atoms with E-state index in [1.807, 2.05) is 4.57 Å². The lowest BCUT2D eigenvalue weighted by Crippen LogP contribution is -2.51. The Kier molecular flexibility index (Phi) is 1.82. The number of nitrogens with zero attached hydrogens (tertiary/aromatic N) is 4. The summed E-state index contributed by atoms with van der Waals surface area (Å²) in [5.41, 5.74) is 10.8. The van der Waals surface area contributed by atoms with Crippen LogP contribution < -0.4 is 11.5 Å². The number of aromatic nitrogens is 4. The molecule has 2 heterocycles. The Morgan fingerprint density at radius 3 is 3.00 bits per heavy atom. The summed E-state index contributed by atoms with van der Waals surface area (Å²) < 4.78 is 1.92. The van der Waals surface area contributed by atoms with Crippen molar-refractivity contribution in [3.63, 3.8) is 0 Å². The summed E-state index contributed by atoms with van der Waals surface area (Å²) in [4.78, 5) is 12.1. The maximum absolute atomic E-state index is 5.62. The van der Waals surface area contributed by atoms with Crippen LogP contribution in [0.1, 0.15) is 0 Å². The topological polar surface area (TPSA) is 97.3 Å². The number of hydrogen-bond acceptors (Lipinski definition) is 4. The third-order valence-electron chi connectivity index (χ3n) is 1.83. The number of anilines is 1. The van der Waals surface area contributed by atoms with E-state index in [0.29, 0.717) is 11.3 Å². The maximum atomic E-state index is 5.62. The van der Waals surface area contributed by atoms with Gasteiger partial charge in [0.2, 0.25) is 0 Å². The highest BCUT2D eigenvalue weighted by molar-refractivity contribution is 5.80. The van der Waals surface area contributed by atoms with E-state index in [1.165, 1.54) is 6.33 Å². The predicted molar refractivity (Wildman–Crippen MR) is 47.5 cm³/mol. The first-order valence-corrected chi connectivity index (χ1v) is 4.03. The van der Waals surface area contributed by atoms with Crippen molar-refractivity contribution >= 4 is 17.0 Å². The molecule has 0 aliphatic rings. The smallest absolute Gasteiger partial charge is 0.165 e. The molecule has 5 N–H and O–H groups in total. The Morgan fingerprint density at radius 1 is 1.38 bits per heavy atom. The number of nitrogen functional groups attached to an aromatic ring is 1. The second-order valence-electron chi connectivity index (χ2n) is 2.72. The molecule has 0 amide bonds. The molecule has 0 aromatic carbocycles. The quantitative estimate of drug-likeness (QED) is 0.595. The number of rotatable bonds is 2. The van der Waals surface area contributed by atoms with Crippen LogP contribution in [0.3, 0.4) is 0 Å². The van der Waals surface area contributed by atoms with Gasteiger partial charge in [0.1, 0.15) is 11.8 Å². The van der Waals surface area contributed by atoms with Gasteiger partial charge in [0.15, 0.2) is 11.5 Å². The van der Waals surface area contributed by atoms with Crippen molar-refractivity contribution in [3.8, 4) is 0 Å². The summed E-state index contributed by atoms with van der Waals surface area (Å²) in [6.07, 6.45) is 3.15. The Labute approximate surface area is 74.6 Å². The highest BCUT2D eigenvalue weighted by Gasteiger charge is 2.06. The molecule has 6 heteroatoms. The van der Waals surface area contributed by atoms with Gasteiger partial charge in [-0.2, -0.15) is 0 Å². The van der Waals surface area contributed by atoms with Crippen molar-refractivity contribution in [2.45, 2.75) is 6.54 Å². The second-order valence-corrected chi connectivity index (χ2v) is 2.72.